The molecular formula is C9H21ClN2S. The third-order valence-corrected chi connectivity index (χ3v) is 2.87. The summed E-state index contributed by atoms with van der Waals surface area (Å²) in [5, 5.41) is 0.980. The van der Waals surface area contributed by atoms with Gasteiger partial charge in [-0.1, -0.05) is 13.3 Å². The van der Waals surface area contributed by atoms with Gasteiger partial charge in [0.25, 0.3) is 0 Å². The number of hydrogen-bond acceptors (Lipinski definition) is 1. The average Bonchev–Trinajstić information content (AvgIpc) is 2.07. The van der Waals surface area contributed by atoms with Crippen LogP contribution in [0.3, 0.4) is 0 Å². The van der Waals surface area contributed by atoms with Crippen molar-refractivity contribution >= 4 is 16.9 Å². The quantitative estimate of drug-likeness (QED) is 0.278. The van der Waals surface area contributed by atoms with Crippen LogP contribution in [0.4, 0.5) is 0 Å². The molecule has 0 aromatic rings. The number of halogens is 1. The van der Waals surface area contributed by atoms with Crippen LogP contribution in [0.5, 0.6) is 0 Å². The molecule has 0 radical (unpaired) electrons. The molecule has 0 aliphatic rings. The summed E-state index contributed by atoms with van der Waals surface area (Å²) in [5.41, 5.74) is 5.89. The number of nitrogens with zero attached hydrogens (tertiary/aromatic N) is 1. The van der Waals surface area contributed by atoms with Gasteiger partial charge in [0.2, 0.25) is 0 Å². The summed E-state index contributed by atoms with van der Waals surface area (Å²) >= 11 is 1.78. The van der Waals surface area contributed by atoms with E-state index in [-0.39, 0.29) is 12.4 Å². The third-order valence-electron chi connectivity index (χ3n) is 1.82. The van der Waals surface area contributed by atoms with E-state index in [1.165, 1.54) is 12.8 Å². The lowest BCUT2D eigenvalue weighted by Gasteiger charge is -2.03. The van der Waals surface area contributed by atoms with Crippen molar-refractivity contribution in [3.63, 3.8) is 0 Å². The van der Waals surface area contributed by atoms with Gasteiger partial charge in [0, 0.05) is 5.75 Å². The lowest BCUT2D eigenvalue weighted by Crippen LogP contribution is -3.00. The lowest BCUT2D eigenvalue weighted by atomic mass is 10.4. The van der Waals surface area contributed by atoms with Crippen molar-refractivity contribution in [2.75, 3.05) is 18.8 Å². The van der Waals surface area contributed by atoms with E-state index in [0.29, 0.717) is 0 Å². The van der Waals surface area contributed by atoms with Crippen LogP contribution in [-0.2, 0) is 0 Å². The zero-order valence-electron chi connectivity index (χ0n) is 8.85. The number of unbranched alkanes of at least 4 members (excludes halogenated alkanes) is 1. The summed E-state index contributed by atoms with van der Waals surface area (Å²) in [4.78, 5) is 0. The molecule has 2 nitrogen and oxygen atoms in total. The fraction of sp³-hybridized carbons (Fsp3) is 0.889. The highest BCUT2D eigenvalue weighted by Crippen LogP contribution is 2.03. The molecule has 0 rings (SSSR count). The average molecular weight is 225 g/mol. The Morgan fingerprint density at radius 3 is 2.15 bits per heavy atom. The fourth-order valence-corrected chi connectivity index (χ4v) is 2.03. The minimum atomic E-state index is 0. The second-order valence-electron chi connectivity index (χ2n) is 2.71. The molecule has 0 spiro atoms. The van der Waals surface area contributed by atoms with Crippen molar-refractivity contribution in [2.45, 2.75) is 33.6 Å². The Labute approximate surface area is 92.4 Å². The molecule has 0 heterocycles. The number of thioether (sulfide) groups is 1. The lowest BCUT2D eigenvalue weighted by molar-refractivity contribution is -0.518. The molecule has 2 N–H and O–H groups in total. The van der Waals surface area contributed by atoms with Crippen LogP contribution >= 0.6 is 11.8 Å². The Balaban J connectivity index is 0. The number of hydrogen-bond donors (Lipinski definition) is 1. The van der Waals surface area contributed by atoms with Gasteiger partial charge in [0.1, 0.15) is 0 Å². The predicted octanol–water partition coefficient (Wildman–Crippen LogP) is -1.11. The molecule has 0 aromatic heterocycles. The summed E-state index contributed by atoms with van der Waals surface area (Å²) in [6, 6.07) is 0. The number of nitrogens with two attached hydrogens (primary N) is 1. The smallest absolute Gasteiger partial charge is 0.304 e. The Bertz CT molecular complexity index is 143. The molecule has 0 fully saturated rings. The van der Waals surface area contributed by atoms with Crippen LogP contribution in [-0.4, -0.2) is 28.6 Å². The van der Waals surface area contributed by atoms with Crippen molar-refractivity contribution in [1.82, 2.24) is 0 Å². The monoisotopic (exact) mass is 224 g/mol. The fourth-order valence-electron chi connectivity index (χ4n) is 0.948. The van der Waals surface area contributed by atoms with Crippen molar-refractivity contribution in [1.29, 1.82) is 0 Å². The molecule has 0 bridgehead atoms. The highest BCUT2D eigenvalue weighted by atomic mass is 35.5. The molecule has 0 saturated heterocycles. The summed E-state index contributed by atoms with van der Waals surface area (Å²) in [7, 11) is 0. The molecule has 13 heavy (non-hydrogen) atoms. The van der Waals surface area contributed by atoms with Gasteiger partial charge < -0.3 is 12.4 Å². The molecule has 0 atom stereocenters. The zero-order chi connectivity index (χ0) is 9.40. The van der Waals surface area contributed by atoms with Crippen molar-refractivity contribution in [3.05, 3.63) is 0 Å². The van der Waals surface area contributed by atoms with Crippen LogP contribution in [0.25, 0.3) is 0 Å². The maximum absolute atomic E-state index is 5.89. The van der Waals surface area contributed by atoms with Gasteiger partial charge in [-0.2, -0.15) is 0 Å². The van der Waals surface area contributed by atoms with Crippen LogP contribution in [0, 0.1) is 0 Å². The second-order valence-corrected chi connectivity index (χ2v) is 3.83. The van der Waals surface area contributed by atoms with E-state index < -0.39 is 0 Å². The van der Waals surface area contributed by atoms with E-state index in [1.807, 2.05) is 0 Å². The van der Waals surface area contributed by atoms with E-state index in [4.69, 9.17) is 5.73 Å². The molecule has 0 aliphatic carbocycles. The number of amidine groups is 1. The third kappa shape index (κ3) is 7.20. The molecule has 0 amide bonds. The summed E-state index contributed by atoms with van der Waals surface area (Å²) in [6.07, 6.45) is 2.51. The molecule has 0 unspecified atom stereocenters. The first kappa shape index (κ1) is 15.6. The first-order chi connectivity index (χ1) is 5.76. The largest absolute Gasteiger partial charge is 1.00 e. The van der Waals surface area contributed by atoms with E-state index in [9.17, 15) is 0 Å². The van der Waals surface area contributed by atoms with Crippen LogP contribution in [0.15, 0.2) is 0 Å². The van der Waals surface area contributed by atoms with E-state index in [1.54, 1.807) is 11.8 Å². The molecule has 4 heteroatoms. The maximum atomic E-state index is 5.89. The Morgan fingerprint density at radius 2 is 1.77 bits per heavy atom. The van der Waals surface area contributed by atoms with Gasteiger partial charge in [0.05, 0.1) is 13.1 Å². The molecular weight excluding hydrogens is 204 g/mol. The van der Waals surface area contributed by atoms with Crippen molar-refractivity contribution in [2.24, 2.45) is 5.73 Å². The molecule has 0 saturated carbocycles. The first-order valence-corrected chi connectivity index (χ1v) is 5.74. The number of rotatable bonds is 5. The highest BCUT2D eigenvalue weighted by Gasteiger charge is 2.04. The van der Waals surface area contributed by atoms with Crippen molar-refractivity contribution in [3.8, 4) is 0 Å². The van der Waals surface area contributed by atoms with Gasteiger partial charge in [-0.25, -0.2) is 0 Å². The van der Waals surface area contributed by atoms with Gasteiger partial charge in [-0.05, 0) is 32.0 Å². The zero-order valence-corrected chi connectivity index (χ0v) is 10.4. The minimum absolute atomic E-state index is 0. The van der Waals surface area contributed by atoms with Crippen LogP contribution < -0.4 is 18.1 Å². The van der Waals surface area contributed by atoms with E-state index >= 15 is 0 Å². The topological polar surface area (TPSA) is 29.0 Å². The predicted molar refractivity (Wildman–Crippen MR) is 57.9 cm³/mol. The van der Waals surface area contributed by atoms with Gasteiger partial charge >= 0.3 is 5.17 Å². The van der Waals surface area contributed by atoms with E-state index in [2.05, 4.69) is 25.3 Å². The second kappa shape index (κ2) is 10.2. The molecule has 0 aromatic carbocycles. The standard InChI is InChI=1S/C9H20N2S.ClH/c1-4-7-8-12-9(10)11(5-2)6-3;/h10H,4-8H2,1-3H3;1H. The van der Waals surface area contributed by atoms with Crippen LogP contribution in [0.1, 0.15) is 33.6 Å². The summed E-state index contributed by atoms with van der Waals surface area (Å²) < 4.78 is 2.19. The maximum Gasteiger partial charge on any atom is 0.304 e. The van der Waals surface area contributed by atoms with Gasteiger partial charge in [-0.3, -0.25) is 10.3 Å². The Hall–Kier alpha value is 0.110. The van der Waals surface area contributed by atoms with Gasteiger partial charge in [-0.15, -0.1) is 0 Å². The van der Waals surface area contributed by atoms with Gasteiger partial charge in [0.15, 0.2) is 0 Å². The molecule has 0 aliphatic heterocycles. The first-order valence-electron chi connectivity index (χ1n) is 4.76. The van der Waals surface area contributed by atoms with Crippen molar-refractivity contribution < 1.29 is 17.0 Å². The Morgan fingerprint density at radius 1 is 1.23 bits per heavy atom. The van der Waals surface area contributed by atoms with E-state index in [0.717, 1.165) is 24.0 Å². The molecule has 80 valence electrons. The summed E-state index contributed by atoms with van der Waals surface area (Å²) in [5.74, 6) is 1.15. The highest BCUT2D eigenvalue weighted by molar-refractivity contribution is 8.13. The SMILES string of the molecule is CCCCSC(N)=[N+](CC)CC.[Cl-]. The summed E-state index contributed by atoms with van der Waals surface area (Å²) in [6.45, 7) is 8.50. The van der Waals surface area contributed by atoms with Crippen LogP contribution in [0.2, 0.25) is 0 Å². The Kier molecular flexibility index (Phi) is 12.2. The minimum Gasteiger partial charge on any atom is -1.00 e. The normalized spacial score (nSPS) is 9.15.